The van der Waals surface area contributed by atoms with Crippen LogP contribution in [0, 0.1) is 0 Å². The number of rotatable bonds is 6. The molecule has 0 aliphatic carbocycles. The van der Waals surface area contributed by atoms with Crippen LogP contribution in [0.15, 0.2) is 0 Å². The summed E-state index contributed by atoms with van der Waals surface area (Å²) in [5, 5.41) is 2.94. The number of hydrogen-bond donors (Lipinski definition) is 1. The van der Waals surface area contributed by atoms with Crippen LogP contribution in [-0.4, -0.2) is 43.8 Å². The number of carbonyl (C=O) groups is 1. The average Bonchev–Trinajstić information content (AvgIpc) is 2.34. The Balaban J connectivity index is 1.97. The van der Waals surface area contributed by atoms with Gasteiger partial charge in [0.05, 0.1) is 0 Å². The maximum Gasteiger partial charge on any atom is 0.317 e. The molecule has 4 nitrogen and oxygen atoms in total. The molecule has 1 aliphatic heterocycles. The van der Waals surface area contributed by atoms with Gasteiger partial charge in [-0.3, -0.25) is 0 Å². The van der Waals surface area contributed by atoms with Crippen LogP contribution in [0.4, 0.5) is 4.79 Å². The summed E-state index contributed by atoms with van der Waals surface area (Å²) in [4.78, 5) is 13.6. The lowest BCUT2D eigenvalue weighted by molar-refractivity contribution is 0.131. The summed E-state index contributed by atoms with van der Waals surface area (Å²) in [7, 11) is 0. The van der Waals surface area contributed by atoms with Crippen molar-refractivity contribution in [2.24, 2.45) is 0 Å². The van der Waals surface area contributed by atoms with E-state index in [1.165, 1.54) is 6.42 Å². The first-order chi connectivity index (χ1) is 7.84. The fourth-order valence-corrected chi connectivity index (χ4v) is 1.82. The SMILES string of the molecule is CCCOCCCNC(=O)N1CCCCC1. The molecule has 0 radical (unpaired) electrons. The largest absolute Gasteiger partial charge is 0.381 e. The van der Waals surface area contributed by atoms with Crippen molar-refractivity contribution in [1.29, 1.82) is 0 Å². The molecule has 1 aliphatic rings. The molecule has 0 unspecified atom stereocenters. The van der Waals surface area contributed by atoms with Crippen molar-refractivity contribution in [2.75, 3.05) is 32.8 Å². The lowest BCUT2D eigenvalue weighted by atomic mass is 10.1. The van der Waals surface area contributed by atoms with Crippen molar-refractivity contribution in [1.82, 2.24) is 10.2 Å². The minimum Gasteiger partial charge on any atom is -0.381 e. The molecular weight excluding hydrogens is 204 g/mol. The van der Waals surface area contributed by atoms with Gasteiger partial charge in [0.1, 0.15) is 0 Å². The normalized spacial score (nSPS) is 16.2. The predicted octanol–water partition coefficient (Wildman–Crippen LogP) is 2.00. The first kappa shape index (κ1) is 13.3. The Kier molecular flexibility index (Phi) is 6.97. The van der Waals surface area contributed by atoms with E-state index in [9.17, 15) is 4.79 Å². The van der Waals surface area contributed by atoms with Crippen molar-refractivity contribution in [3.63, 3.8) is 0 Å². The predicted molar refractivity (Wildman–Crippen MR) is 64.5 cm³/mol. The lowest BCUT2D eigenvalue weighted by Gasteiger charge is -2.26. The highest BCUT2D eigenvalue weighted by atomic mass is 16.5. The minimum atomic E-state index is 0.0928. The standard InChI is InChI=1S/C12H24N2O2/c1-2-10-16-11-6-7-13-12(15)14-8-4-3-5-9-14/h2-11H2,1H3,(H,13,15). The van der Waals surface area contributed by atoms with E-state index in [1.54, 1.807) is 0 Å². The molecule has 1 rings (SSSR count). The second kappa shape index (κ2) is 8.39. The van der Waals surface area contributed by atoms with Gasteiger partial charge in [0.2, 0.25) is 0 Å². The van der Waals surface area contributed by atoms with Gasteiger partial charge < -0.3 is 15.0 Å². The van der Waals surface area contributed by atoms with E-state index in [0.29, 0.717) is 0 Å². The van der Waals surface area contributed by atoms with Crippen LogP contribution in [0.1, 0.15) is 39.0 Å². The molecule has 1 N–H and O–H groups in total. The molecule has 0 spiro atoms. The average molecular weight is 228 g/mol. The quantitative estimate of drug-likeness (QED) is 0.706. The molecule has 1 saturated heterocycles. The maximum atomic E-state index is 11.7. The minimum absolute atomic E-state index is 0.0928. The number of nitrogens with one attached hydrogen (secondary N) is 1. The maximum absolute atomic E-state index is 11.7. The van der Waals surface area contributed by atoms with E-state index >= 15 is 0 Å². The molecule has 0 atom stereocenters. The van der Waals surface area contributed by atoms with E-state index in [0.717, 1.165) is 58.5 Å². The summed E-state index contributed by atoms with van der Waals surface area (Å²) >= 11 is 0. The molecule has 1 heterocycles. The number of urea groups is 1. The molecule has 0 aromatic rings. The van der Waals surface area contributed by atoms with E-state index in [-0.39, 0.29) is 6.03 Å². The summed E-state index contributed by atoms with van der Waals surface area (Å²) in [5.74, 6) is 0. The van der Waals surface area contributed by atoms with Gasteiger partial charge in [-0.05, 0) is 32.1 Å². The number of likely N-dealkylation sites (tertiary alicyclic amines) is 1. The van der Waals surface area contributed by atoms with Crippen LogP contribution in [0.5, 0.6) is 0 Å². The summed E-state index contributed by atoms with van der Waals surface area (Å²) in [6, 6.07) is 0.0928. The number of piperidine rings is 1. The summed E-state index contributed by atoms with van der Waals surface area (Å²) in [5.41, 5.74) is 0. The monoisotopic (exact) mass is 228 g/mol. The zero-order valence-corrected chi connectivity index (χ0v) is 10.3. The zero-order valence-electron chi connectivity index (χ0n) is 10.3. The Morgan fingerprint density at radius 1 is 1.25 bits per heavy atom. The van der Waals surface area contributed by atoms with Crippen molar-refractivity contribution >= 4 is 6.03 Å². The zero-order chi connectivity index (χ0) is 11.6. The molecule has 0 aromatic carbocycles. The summed E-state index contributed by atoms with van der Waals surface area (Å²) < 4.78 is 5.35. The van der Waals surface area contributed by atoms with Gasteiger partial charge in [-0.2, -0.15) is 0 Å². The van der Waals surface area contributed by atoms with Gasteiger partial charge in [-0.1, -0.05) is 6.92 Å². The molecule has 0 saturated carbocycles. The number of carbonyl (C=O) groups excluding carboxylic acids is 1. The third kappa shape index (κ3) is 5.35. The molecule has 0 aromatic heterocycles. The molecule has 0 bridgehead atoms. The highest BCUT2D eigenvalue weighted by Gasteiger charge is 2.15. The van der Waals surface area contributed by atoms with Crippen molar-refractivity contribution in [2.45, 2.75) is 39.0 Å². The van der Waals surface area contributed by atoms with Crippen LogP contribution < -0.4 is 5.32 Å². The van der Waals surface area contributed by atoms with Crippen molar-refractivity contribution in [3.05, 3.63) is 0 Å². The second-order valence-electron chi connectivity index (χ2n) is 4.25. The fourth-order valence-electron chi connectivity index (χ4n) is 1.82. The lowest BCUT2D eigenvalue weighted by Crippen LogP contribution is -2.43. The van der Waals surface area contributed by atoms with Gasteiger partial charge >= 0.3 is 6.03 Å². The van der Waals surface area contributed by atoms with E-state index in [1.807, 2.05) is 4.90 Å². The van der Waals surface area contributed by atoms with Crippen LogP contribution in [0.2, 0.25) is 0 Å². The Labute approximate surface area is 98.3 Å². The van der Waals surface area contributed by atoms with E-state index in [2.05, 4.69) is 12.2 Å². The molecular formula is C12H24N2O2. The number of amides is 2. The van der Waals surface area contributed by atoms with Gasteiger partial charge in [-0.15, -0.1) is 0 Å². The molecule has 16 heavy (non-hydrogen) atoms. The third-order valence-electron chi connectivity index (χ3n) is 2.73. The van der Waals surface area contributed by atoms with Gasteiger partial charge in [0.15, 0.2) is 0 Å². The van der Waals surface area contributed by atoms with Crippen molar-refractivity contribution < 1.29 is 9.53 Å². The smallest absolute Gasteiger partial charge is 0.317 e. The van der Waals surface area contributed by atoms with Crippen LogP contribution in [0.25, 0.3) is 0 Å². The molecule has 1 fully saturated rings. The third-order valence-corrected chi connectivity index (χ3v) is 2.73. The molecule has 94 valence electrons. The molecule has 4 heteroatoms. The molecule has 2 amide bonds. The summed E-state index contributed by atoms with van der Waals surface area (Å²) in [6.07, 6.45) is 5.51. The second-order valence-corrected chi connectivity index (χ2v) is 4.25. The van der Waals surface area contributed by atoms with Crippen LogP contribution in [-0.2, 0) is 4.74 Å². The topological polar surface area (TPSA) is 41.6 Å². The first-order valence-electron chi connectivity index (χ1n) is 6.45. The van der Waals surface area contributed by atoms with Gasteiger partial charge in [0, 0.05) is 32.8 Å². The van der Waals surface area contributed by atoms with Crippen LogP contribution >= 0.6 is 0 Å². The number of ether oxygens (including phenoxy) is 1. The summed E-state index contributed by atoms with van der Waals surface area (Å²) in [6.45, 7) is 6.21. The van der Waals surface area contributed by atoms with E-state index < -0.39 is 0 Å². The number of nitrogens with zero attached hydrogens (tertiary/aromatic N) is 1. The fraction of sp³-hybridized carbons (Fsp3) is 0.917. The first-order valence-corrected chi connectivity index (χ1v) is 6.45. The van der Waals surface area contributed by atoms with E-state index in [4.69, 9.17) is 4.74 Å². The Morgan fingerprint density at radius 3 is 2.69 bits per heavy atom. The van der Waals surface area contributed by atoms with Gasteiger partial charge in [0.25, 0.3) is 0 Å². The highest BCUT2D eigenvalue weighted by molar-refractivity contribution is 5.74. The number of hydrogen-bond acceptors (Lipinski definition) is 2. The van der Waals surface area contributed by atoms with Crippen LogP contribution in [0.3, 0.4) is 0 Å². The van der Waals surface area contributed by atoms with Gasteiger partial charge in [-0.25, -0.2) is 4.79 Å². The Hall–Kier alpha value is -0.770. The Bertz CT molecular complexity index is 191. The Morgan fingerprint density at radius 2 is 2.00 bits per heavy atom. The highest BCUT2D eigenvalue weighted by Crippen LogP contribution is 2.08. The van der Waals surface area contributed by atoms with Crippen molar-refractivity contribution in [3.8, 4) is 0 Å².